The van der Waals surface area contributed by atoms with Gasteiger partial charge in [0.25, 0.3) is 0 Å². The second-order valence-electron chi connectivity index (χ2n) is 4.80. The van der Waals surface area contributed by atoms with E-state index in [1.165, 1.54) is 12.0 Å². The summed E-state index contributed by atoms with van der Waals surface area (Å²) in [5.74, 6) is 1.64. The summed E-state index contributed by atoms with van der Waals surface area (Å²) in [6, 6.07) is 2.06. The maximum Gasteiger partial charge on any atom is 0.166 e. The molecule has 0 unspecified atom stereocenters. The molecule has 1 aromatic rings. The molecule has 106 valence electrons. The predicted octanol–water partition coefficient (Wildman–Crippen LogP) is 3.97. The minimum atomic E-state index is 0.0377. The Morgan fingerprint density at radius 2 is 2.00 bits per heavy atom. The number of ether oxygens (including phenoxy) is 2. The fraction of sp³-hybridized carbons (Fsp3) is 0.600. The standard InChI is InChI=1S/C15H22BrNO2/c1-3-18-13-9-11(16)10-7-5-6-8-12(17)14(10)15(13)19-4-2/h9,12H,3-8,17H2,1-2H3/t12-/m1/s1. The maximum absolute atomic E-state index is 6.35. The lowest BCUT2D eigenvalue weighted by Gasteiger charge is -2.22. The van der Waals surface area contributed by atoms with E-state index in [0.29, 0.717) is 13.2 Å². The Morgan fingerprint density at radius 3 is 2.68 bits per heavy atom. The third kappa shape index (κ3) is 3.06. The second-order valence-corrected chi connectivity index (χ2v) is 5.65. The Morgan fingerprint density at radius 1 is 1.26 bits per heavy atom. The molecule has 2 N–H and O–H groups in total. The van der Waals surface area contributed by atoms with E-state index in [0.717, 1.165) is 40.8 Å². The molecule has 0 spiro atoms. The Balaban J connectivity index is 2.58. The van der Waals surface area contributed by atoms with Crippen LogP contribution in [-0.4, -0.2) is 13.2 Å². The minimum Gasteiger partial charge on any atom is -0.490 e. The first-order valence-electron chi connectivity index (χ1n) is 7.05. The van der Waals surface area contributed by atoms with Gasteiger partial charge < -0.3 is 15.2 Å². The molecule has 0 amide bonds. The van der Waals surface area contributed by atoms with Crippen molar-refractivity contribution >= 4 is 15.9 Å². The quantitative estimate of drug-likeness (QED) is 0.851. The summed E-state index contributed by atoms with van der Waals surface area (Å²) in [6.07, 6.45) is 4.40. The molecular weight excluding hydrogens is 306 g/mol. The molecule has 19 heavy (non-hydrogen) atoms. The van der Waals surface area contributed by atoms with Crippen LogP contribution in [0.4, 0.5) is 0 Å². The van der Waals surface area contributed by atoms with Gasteiger partial charge in [-0.2, -0.15) is 0 Å². The third-order valence-corrected chi connectivity index (χ3v) is 4.20. The van der Waals surface area contributed by atoms with Gasteiger partial charge in [0, 0.05) is 16.1 Å². The molecule has 3 nitrogen and oxygen atoms in total. The van der Waals surface area contributed by atoms with Gasteiger partial charge in [-0.15, -0.1) is 0 Å². The molecule has 2 rings (SSSR count). The van der Waals surface area contributed by atoms with E-state index in [4.69, 9.17) is 15.2 Å². The van der Waals surface area contributed by atoms with Crippen LogP contribution in [0, 0.1) is 0 Å². The van der Waals surface area contributed by atoms with Gasteiger partial charge in [0.05, 0.1) is 13.2 Å². The molecule has 0 saturated heterocycles. The molecule has 1 aliphatic carbocycles. The molecule has 1 atom stereocenters. The van der Waals surface area contributed by atoms with E-state index in [-0.39, 0.29) is 6.04 Å². The Labute approximate surface area is 123 Å². The highest BCUT2D eigenvalue weighted by molar-refractivity contribution is 9.10. The lowest BCUT2D eigenvalue weighted by atomic mass is 9.98. The number of nitrogens with two attached hydrogens (primary N) is 1. The summed E-state index contributed by atoms with van der Waals surface area (Å²) in [7, 11) is 0. The fourth-order valence-corrected chi connectivity index (χ4v) is 3.30. The SMILES string of the molecule is CCOc1cc(Br)c2c(c1OCC)[C@H](N)CCCC2. The van der Waals surface area contributed by atoms with Gasteiger partial charge in [-0.3, -0.25) is 0 Å². The molecule has 0 bridgehead atoms. The van der Waals surface area contributed by atoms with Crippen molar-refractivity contribution in [2.24, 2.45) is 5.73 Å². The average Bonchev–Trinajstić information content (AvgIpc) is 2.57. The van der Waals surface area contributed by atoms with Crippen molar-refractivity contribution in [3.8, 4) is 11.5 Å². The first-order chi connectivity index (χ1) is 9.19. The number of hydrogen-bond acceptors (Lipinski definition) is 3. The van der Waals surface area contributed by atoms with Gasteiger partial charge in [-0.1, -0.05) is 22.4 Å². The zero-order chi connectivity index (χ0) is 13.8. The number of halogens is 1. The van der Waals surface area contributed by atoms with E-state index >= 15 is 0 Å². The monoisotopic (exact) mass is 327 g/mol. The van der Waals surface area contributed by atoms with Crippen LogP contribution in [0.3, 0.4) is 0 Å². The van der Waals surface area contributed by atoms with Gasteiger partial charge >= 0.3 is 0 Å². The molecule has 0 heterocycles. The van der Waals surface area contributed by atoms with Crippen molar-refractivity contribution in [3.05, 3.63) is 21.7 Å². The lowest BCUT2D eigenvalue weighted by Crippen LogP contribution is -2.14. The summed E-state index contributed by atoms with van der Waals surface area (Å²) < 4.78 is 12.6. The number of rotatable bonds is 4. The van der Waals surface area contributed by atoms with Crippen LogP contribution in [-0.2, 0) is 6.42 Å². The van der Waals surface area contributed by atoms with Gasteiger partial charge in [-0.25, -0.2) is 0 Å². The van der Waals surface area contributed by atoms with Crippen molar-refractivity contribution in [2.75, 3.05) is 13.2 Å². The van der Waals surface area contributed by atoms with E-state index in [2.05, 4.69) is 15.9 Å². The third-order valence-electron chi connectivity index (χ3n) is 3.49. The van der Waals surface area contributed by atoms with Crippen molar-refractivity contribution in [2.45, 2.75) is 45.6 Å². The number of fused-ring (bicyclic) bond motifs is 1. The molecule has 0 radical (unpaired) electrons. The van der Waals surface area contributed by atoms with Crippen LogP contribution in [0.5, 0.6) is 11.5 Å². The van der Waals surface area contributed by atoms with E-state index in [9.17, 15) is 0 Å². The van der Waals surface area contributed by atoms with Crippen molar-refractivity contribution < 1.29 is 9.47 Å². The smallest absolute Gasteiger partial charge is 0.166 e. The molecule has 0 aliphatic heterocycles. The van der Waals surface area contributed by atoms with Crippen LogP contribution in [0.15, 0.2) is 10.5 Å². The van der Waals surface area contributed by atoms with Gasteiger partial charge in [-0.05, 0) is 44.7 Å². The summed E-state index contributed by atoms with van der Waals surface area (Å²) in [5, 5.41) is 0. The Hall–Kier alpha value is -0.740. The fourth-order valence-electron chi connectivity index (χ4n) is 2.68. The van der Waals surface area contributed by atoms with Crippen LogP contribution >= 0.6 is 15.9 Å². The van der Waals surface area contributed by atoms with E-state index < -0.39 is 0 Å². The topological polar surface area (TPSA) is 44.5 Å². The molecule has 0 aromatic heterocycles. The first kappa shape index (κ1) is 14.7. The van der Waals surface area contributed by atoms with Crippen LogP contribution in [0.2, 0.25) is 0 Å². The van der Waals surface area contributed by atoms with Crippen LogP contribution in [0.25, 0.3) is 0 Å². The lowest BCUT2D eigenvalue weighted by molar-refractivity contribution is 0.283. The van der Waals surface area contributed by atoms with Crippen molar-refractivity contribution in [1.29, 1.82) is 0 Å². The highest BCUT2D eigenvalue weighted by Crippen LogP contribution is 2.44. The Bertz CT molecular complexity index is 448. The summed E-state index contributed by atoms with van der Waals surface area (Å²) in [6.45, 7) is 5.23. The first-order valence-corrected chi connectivity index (χ1v) is 7.84. The number of hydrogen-bond donors (Lipinski definition) is 1. The highest BCUT2D eigenvalue weighted by Gasteiger charge is 2.25. The molecular formula is C15H22BrNO2. The molecule has 1 aliphatic rings. The van der Waals surface area contributed by atoms with Crippen molar-refractivity contribution in [1.82, 2.24) is 0 Å². The summed E-state index contributed by atoms with van der Waals surface area (Å²) >= 11 is 3.66. The summed E-state index contributed by atoms with van der Waals surface area (Å²) in [5.41, 5.74) is 8.78. The highest BCUT2D eigenvalue weighted by atomic mass is 79.9. The largest absolute Gasteiger partial charge is 0.490 e. The second kappa shape index (κ2) is 6.62. The molecule has 0 fully saturated rings. The maximum atomic E-state index is 6.35. The summed E-state index contributed by atoms with van der Waals surface area (Å²) in [4.78, 5) is 0. The van der Waals surface area contributed by atoms with Gasteiger partial charge in [0.15, 0.2) is 11.5 Å². The zero-order valence-corrected chi connectivity index (χ0v) is 13.3. The minimum absolute atomic E-state index is 0.0377. The Kier molecular flexibility index (Phi) is 5.11. The van der Waals surface area contributed by atoms with Crippen LogP contribution < -0.4 is 15.2 Å². The zero-order valence-electron chi connectivity index (χ0n) is 11.7. The van der Waals surface area contributed by atoms with Crippen LogP contribution in [0.1, 0.15) is 50.3 Å². The van der Waals surface area contributed by atoms with Gasteiger partial charge in [0.1, 0.15) is 0 Å². The van der Waals surface area contributed by atoms with E-state index in [1.54, 1.807) is 0 Å². The molecule has 1 aromatic carbocycles. The molecule has 4 heteroatoms. The normalized spacial score (nSPS) is 18.6. The van der Waals surface area contributed by atoms with E-state index in [1.807, 2.05) is 19.9 Å². The number of benzene rings is 1. The average molecular weight is 328 g/mol. The molecule has 0 saturated carbocycles. The van der Waals surface area contributed by atoms with Gasteiger partial charge in [0.2, 0.25) is 0 Å². The predicted molar refractivity (Wildman–Crippen MR) is 81.0 cm³/mol. The van der Waals surface area contributed by atoms with Crippen molar-refractivity contribution in [3.63, 3.8) is 0 Å².